The molecule has 1 amide bonds. The van der Waals surface area contributed by atoms with Gasteiger partial charge in [-0.25, -0.2) is 23.2 Å². The Morgan fingerprint density at radius 1 is 1.09 bits per heavy atom. The van der Waals surface area contributed by atoms with Gasteiger partial charge in [-0.05, 0) is 24.3 Å². The number of benzene rings is 1. The summed E-state index contributed by atoms with van der Waals surface area (Å²) in [7, 11) is 1.25. The summed E-state index contributed by atoms with van der Waals surface area (Å²) >= 11 is 0. The minimum Gasteiger partial charge on any atom is -0.386 e. The molecule has 0 saturated heterocycles. The number of aromatic nitrogens is 5. The molecule has 4 rings (SSSR count). The second-order valence-electron chi connectivity index (χ2n) is 6.57. The average Bonchev–Trinajstić information content (AvgIpc) is 3.32. The molecule has 170 valence electrons. The number of nitrogens with one attached hydrogen (secondary N) is 1. The predicted octanol–water partition coefficient (Wildman–Crippen LogP) is 3.17. The fourth-order valence-electron chi connectivity index (χ4n) is 2.81. The van der Waals surface area contributed by atoms with Gasteiger partial charge in [-0.15, -0.1) is 5.10 Å². The first-order chi connectivity index (χ1) is 15.5. The van der Waals surface area contributed by atoms with Crippen LogP contribution in [-0.4, -0.2) is 30.5 Å². The maximum Gasteiger partial charge on any atom is 0.437 e. The first kappa shape index (κ1) is 21.9. The van der Waals surface area contributed by atoms with Crippen LogP contribution in [0.1, 0.15) is 16.1 Å². The van der Waals surface area contributed by atoms with Crippen LogP contribution in [0.2, 0.25) is 0 Å². The van der Waals surface area contributed by atoms with Gasteiger partial charge < -0.3 is 9.73 Å². The Morgan fingerprint density at radius 3 is 2.33 bits per heavy atom. The van der Waals surface area contributed by atoms with Crippen LogP contribution >= 0.6 is 0 Å². The van der Waals surface area contributed by atoms with Gasteiger partial charge in [-0.3, -0.25) is 4.79 Å². The van der Waals surface area contributed by atoms with Crippen LogP contribution < -0.4 is 11.1 Å². The molecule has 1 N–H and O–H groups in total. The Morgan fingerprint density at radius 2 is 1.79 bits per heavy atom. The summed E-state index contributed by atoms with van der Waals surface area (Å²) in [5.41, 5.74) is -2.57. The lowest BCUT2D eigenvalue weighted by Gasteiger charge is -2.11. The third-order valence-electron chi connectivity index (χ3n) is 4.33. The largest absolute Gasteiger partial charge is 0.437 e. The summed E-state index contributed by atoms with van der Waals surface area (Å²) in [4.78, 5) is 27.4. The van der Waals surface area contributed by atoms with Gasteiger partial charge in [0, 0.05) is 13.1 Å². The zero-order valence-corrected chi connectivity index (χ0v) is 16.4. The van der Waals surface area contributed by atoms with Crippen molar-refractivity contribution in [3.8, 4) is 17.3 Å². The van der Waals surface area contributed by atoms with Crippen molar-refractivity contribution in [3.63, 3.8) is 0 Å². The second-order valence-corrected chi connectivity index (χ2v) is 6.57. The molecule has 0 aliphatic rings. The summed E-state index contributed by atoms with van der Waals surface area (Å²) < 4.78 is 74.1. The monoisotopic (exact) mass is 466 g/mol. The van der Waals surface area contributed by atoms with Crippen LogP contribution in [0.3, 0.4) is 0 Å². The Kier molecular flexibility index (Phi) is 5.27. The van der Waals surface area contributed by atoms with E-state index in [0.717, 1.165) is 41.2 Å². The summed E-state index contributed by atoms with van der Waals surface area (Å²) in [5, 5.41) is 9.62. The highest BCUT2D eigenvalue weighted by Crippen LogP contribution is 2.33. The van der Waals surface area contributed by atoms with Gasteiger partial charge in [-0.2, -0.15) is 23.0 Å². The van der Waals surface area contributed by atoms with Gasteiger partial charge in [0.15, 0.2) is 5.69 Å². The highest BCUT2D eigenvalue weighted by atomic mass is 19.4. The number of nitrogens with zero attached hydrogens (tertiary/aromatic N) is 5. The number of carbonyl (C=O) groups is 1. The van der Waals surface area contributed by atoms with E-state index in [4.69, 9.17) is 4.42 Å². The van der Waals surface area contributed by atoms with Crippen molar-refractivity contribution in [1.29, 1.82) is 0 Å². The molecule has 9 nitrogen and oxygen atoms in total. The number of hydrogen-bond acceptors (Lipinski definition) is 6. The molecular weight excluding hydrogens is 455 g/mol. The number of rotatable bonds is 4. The highest BCUT2D eigenvalue weighted by Gasteiger charge is 2.37. The lowest BCUT2D eigenvalue weighted by atomic mass is 10.2. The Hall–Kier alpha value is -4.36. The van der Waals surface area contributed by atoms with Gasteiger partial charge in [0.05, 0.1) is 11.9 Å². The highest BCUT2D eigenvalue weighted by molar-refractivity contribution is 6.04. The fraction of sp³-hybridized carbons (Fsp3) is 0.105. The number of hydrogen-bond donors (Lipinski definition) is 1. The van der Waals surface area contributed by atoms with Gasteiger partial charge in [0.25, 0.3) is 11.8 Å². The van der Waals surface area contributed by atoms with E-state index in [-0.39, 0.29) is 17.2 Å². The van der Waals surface area contributed by atoms with Crippen molar-refractivity contribution in [2.75, 3.05) is 5.32 Å². The van der Waals surface area contributed by atoms with E-state index >= 15 is 0 Å². The molecule has 1 aromatic carbocycles. The van der Waals surface area contributed by atoms with Crippen molar-refractivity contribution in [2.45, 2.75) is 6.18 Å². The minimum atomic E-state index is -4.84. The Balaban J connectivity index is 1.66. The fourth-order valence-corrected chi connectivity index (χ4v) is 2.81. The van der Waals surface area contributed by atoms with Gasteiger partial charge in [-0.1, -0.05) is 6.07 Å². The van der Waals surface area contributed by atoms with Gasteiger partial charge >= 0.3 is 11.9 Å². The van der Waals surface area contributed by atoms with Crippen molar-refractivity contribution in [1.82, 2.24) is 24.5 Å². The van der Waals surface area contributed by atoms with Crippen LogP contribution in [0.25, 0.3) is 17.3 Å². The third-order valence-corrected chi connectivity index (χ3v) is 4.33. The van der Waals surface area contributed by atoms with Crippen LogP contribution in [0.5, 0.6) is 0 Å². The van der Waals surface area contributed by atoms with Crippen LogP contribution in [-0.2, 0) is 13.2 Å². The second kappa shape index (κ2) is 7.96. The molecule has 0 bridgehead atoms. The molecule has 4 aromatic rings. The van der Waals surface area contributed by atoms with Gasteiger partial charge in [0.2, 0.25) is 0 Å². The van der Waals surface area contributed by atoms with Crippen LogP contribution in [0.4, 0.5) is 27.8 Å². The summed E-state index contributed by atoms with van der Waals surface area (Å²) in [6, 6.07) is 5.77. The van der Waals surface area contributed by atoms with Gasteiger partial charge in [0.1, 0.15) is 28.7 Å². The Bertz CT molecular complexity index is 1380. The molecular formula is C19H11F5N6O3. The van der Waals surface area contributed by atoms with E-state index in [2.05, 4.69) is 20.5 Å². The first-order valence-electron chi connectivity index (χ1n) is 8.98. The maximum atomic E-state index is 13.7. The molecule has 0 spiro atoms. The Labute approximate surface area is 180 Å². The molecule has 0 unspecified atom stereocenters. The molecule has 3 aromatic heterocycles. The van der Waals surface area contributed by atoms with Crippen molar-refractivity contribution < 1.29 is 31.2 Å². The van der Waals surface area contributed by atoms with Crippen molar-refractivity contribution in [3.05, 3.63) is 76.0 Å². The lowest BCUT2D eigenvalue weighted by molar-refractivity contribution is -0.142. The topological polar surface area (TPSA) is 108 Å². The first-order valence-corrected chi connectivity index (χ1v) is 8.98. The zero-order chi connectivity index (χ0) is 23.9. The summed E-state index contributed by atoms with van der Waals surface area (Å²) in [5.74, 6) is -4.80. The maximum absolute atomic E-state index is 13.7. The van der Waals surface area contributed by atoms with E-state index in [1.54, 1.807) is 0 Å². The number of halogens is 5. The van der Waals surface area contributed by atoms with Crippen molar-refractivity contribution in [2.24, 2.45) is 7.05 Å². The number of amides is 1. The summed E-state index contributed by atoms with van der Waals surface area (Å²) in [6.45, 7) is 0. The number of carbonyl (C=O) groups excluding carboxylic acids is 1. The predicted molar refractivity (Wildman–Crippen MR) is 101 cm³/mol. The molecule has 0 atom stereocenters. The number of anilines is 1. The van der Waals surface area contributed by atoms with Crippen LogP contribution in [0, 0.1) is 11.6 Å². The average molecular weight is 466 g/mol. The molecule has 0 fully saturated rings. The summed E-state index contributed by atoms with van der Waals surface area (Å²) in [6.07, 6.45) is -3.89. The molecule has 0 aliphatic heterocycles. The van der Waals surface area contributed by atoms with E-state index in [9.17, 15) is 31.5 Å². The molecule has 14 heteroatoms. The lowest BCUT2D eigenvalue weighted by Crippen LogP contribution is -2.17. The van der Waals surface area contributed by atoms with E-state index < -0.39 is 46.6 Å². The quantitative estimate of drug-likeness (QED) is 0.463. The van der Waals surface area contributed by atoms with Crippen molar-refractivity contribution >= 4 is 11.7 Å². The number of alkyl halides is 3. The van der Waals surface area contributed by atoms with Crippen LogP contribution in [0.15, 0.2) is 51.8 Å². The normalized spacial score (nSPS) is 11.6. The SMILES string of the molecule is Cn1nc(-c2cc(C(F)(F)F)n(-c3ccc(NC(=O)c4c(F)cccc4F)nc3)n2)oc1=O. The molecule has 3 heterocycles. The number of aryl methyl sites for hydroxylation is 1. The molecule has 0 aliphatic carbocycles. The minimum absolute atomic E-state index is 0.165. The molecule has 0 saturated carbocycles. The standard InChI is InChI=1S/C19H11F5N6O3/c1-29-18(32)33-17(28-29)12-7-13(19(22,23)24)30(27-12)9-5-6-14(25-8-9)26-16(31)15-10(20)3-2-4-11(15)21/h2-8H,1H3,(H,25,26,31). The van der Waals surface area contributed by atoms with E-state index in [1.807, 2.05) is 0 Å². The smallest absolute Gasteiger partial charge is 0.386 e. The van der Waals surface area contributed by atoms with E-state index in [0.29, 0.717) is 10.7 Å². The third kappa shape index (κ3) is 4.22. The van der Waals surface area contributed by atoms with E-state index in [1.165, 1.54) is 7.05 Å². The zero-order valence-electron chi connectivity index (χ0n) is 16.4. The molecule has 0 radical (unpaired) electrons. The number of pyridine rings is 1. The molecule has 33 heavy (non-hydrogen) atoms.